The molecule has 0 aromatic carbocycles. The number of hydrogen-bond donors (Lipinski definition) is 0. The summed E-state index contributed by atoms with van der Waals surface area (Å²) in [5, 5.41) is 0. The van der Waals surface area contributed by atoms with E-state index in [9.17, 15) is 0 Å². The Balaban J connectivity index is 1.92. The molecule has 0 aromatic rings. The molecular formula is C13H22O2. The fourth-order valence-electron chi connectivity index (χ4n) is 1.53. The second-order valence-electron chi connectivity index (χ2n) is 3.87. The van der Waals surface area contributed by atoms with Gasteiger partial charge in [-0.15, -0.1) is 11.8 Å². The smallest absolute Gasteiger partial charge is 0.157 e. The van der Waals surface area contributed by atoms with E-state index >= 15 is 0 Å². The van der Waals surface area contributed by atoms with E-state index in [2.05, 4.69) is 18.8 Å². The van der Waals surface area contributed by atoms with Gasteiger partial charge in [0.1, 0.15) is 0 Å². The molecule has 1 aliphatic rings. The van der Waals surface area contributed by atoms with Crippen LogP contribution in [0, 0.1) is 11.8 Å². The van der Waals surface area contributed by atoms with E-state index in [0.29, 0.717) is 6.61 Å². The molecule has 0 spiro atoms. The van der Waals surface area contributed by atoms with Gasteiger partial charge < -0.3 is 9.47 Å². The summed E-state index contributed by atoms with van der Waals surface area (Å²) in [6, 6.07) is 0. The normalized spacial score (nSPS) is 20.7. The van der Waals surface area contributed by atoms with Crippen LogP contribution in [-0.2, 0) is 9.47 Å². The zero-order valence-corrected chi connectivity index (χ0v) is 9.76. The predicted octanol–water partition coefficient (Wildman–Crippen LogP) is 3.11. The van der Waals surface area contributed by atoms with Gasteiger partial charge in [0.15, 0.2) is 6.29 Å². The Hall–Kier alpha value is -0.520. The summed E-state index contributed by atoms with van der Waals surface area (Å²) in [6.45, 7) is 3.75. The molecule has 15 heavy (non-hydrogen) atoms. The van der Waals surface area contributed by atoms with E-state index in [-0.39, 0.29) is 6.29 Å². The van der Waals surface area contributed by atoms with Crippen LogP contribution in [0.2, 0.25) is 0 Å². The van der Waals surface area contributed by atoms with Gasteiger partial charge in [0.05, 0.1) is 6.61 Å². The summed E-state index contributed by atoms with van der Waals surface area (Å²) >= 11 is 0. The van der Waals surface area contributed by atoms with E-state index in [1.54, 1.807) is 0 Å². The largest absolute Gasteiger partial charge is 0.353 e. The van der Waals surface area contributed by atoms with Gasteiger partial charge in [-0.2, -0.15) is 0 Å². The maximum atomic E-state index is 5.56. The summed E-state index contributed by atoms with van der Waals surface area (Å²) in [7, 11) is 0. The molecule has 1 heterocycles. The molecule has 1 fully saturated rings. The van der Waals surface area contributed by atoms with Gasteiger partial charge in [0, 0.05) is 19.4 Å². The maximum absolute atomic E-state index is 5.56. The van der Waals surface area contributed by atoms with Crippen LogP contribution in [0.3, 0.4) is 0 Å². The molecule has 1 atom stereocenters. The zero-order chi connectivity index (χ0) is 10.8. The molecule has 2 heteroatoms. The van der Waals surface area contributed by atoms with Crippen molar-refractivity contribution in [2.45, 2.75) is 58.2 Å². The van der Waals surface area contributed by atoms with Crippen molar-refractivity contribution in [1.29, 1.82) is 0 Å². The zero-order valence-electron chi connectivity index (χ0n) is 9.76. The number of hydrogen-bond acceptors (Lipinski definition) is 2. The molecule has 1 saturated heterocycles. The van der Waals surface area contributed by atoms with Crippen LogP contribution in [0.5, 0.6) is 0 Å². The molecule has 0 radical (unpaired) electrons. The highest BCUT2D eigenvalue weighted by atomic mass is 16.7. The van der Waals surface area contributed by atoms with Crippen molar-refractivity contribution in [3.8, 4) is 11.8 Å². The van der Waals surface area contributed by atoms with Gasteiger partial charge in [0.25, 0.3) is 0 Å². The van der Waals surface area contributed by atoms with Crippen molar-refractivity contribution in [3.05, 3.63) is 0 Å². The highest BCUT2D eigenvalue weighted by molar-refractivity contribution is 4.98. The summed E-state index contributed by atoms with van der Waals surface area (Å²) < 4.78 is 11.0. The predicted molar refractivity (Wildman–Crippen MR) is 61.5 cm³/mol. The van der Waals surface area contributed by atoms with Crippen molar-refractivity contribution < 1.29 is 9.47 Å². The van der Waals surface area contributed by atoms with Crippen molar-refractivity contribution in [1.82, 2.24) is 0 Å². The Morgan fingerprint density at radius 2 is 2.13 bits per heavy atom. The standard InChI is InChI=1S/C13H22O2/c1-2-3-4-5-6-8-11-14-13-10-7-9-12-15-13/h13H,2-4,7-12H2,1H3. The monoisotopic (exact) mass is 210 g/mol. The topological polar surface area (TPSA) is 18.5 Å². The first-order chi connectivity index (χ1) is 7.43. The fraction of sp³-hybridized carbons (Fsp3) is 0.846. The van der Waals surface area contributed by atoms with E-state index in [4.69, 9.17) is 9.47 Å². The first-order valence-electron chi connectivity index (χ1n) is 6.12. The van der Waals surface area contributed by atoms with Crippen molar-refractivity contribution in [3.63, 3.8) is 0 Å². The Kier molecular flexibility index (Phi) is 7.33. The quantitative estimate of drug-likeness (QED) is 0.513. The minimum absolute atomic E-state index is 0.0381. The molecule has 0 aliphatic carbocycles. The van der Waals surface area contributed by atoms with Gasteiger partial charge in [-0.25, -0.2) is 0 Å². The Bertz CT molecular complexity index is 196. The lowest BCUT2D eigenvalue weighted by atomic mass is 10.2. The molecule has 0 amide bonds. The number of unbranched alkanes of at least 4 members (excludes halogenated alkanes) is 2. The summed E-state index contributed by atoms with van der Waals surface area (Å²) in [4.78, 5) is 0. The van der Waals surface area contributed by atoms with Crippen molar-refractivity contribution in [2.75, 3.05) is 13.2 Å². The van der Waals surface area contributed by atoms with E-state index < -0.39 is 0 Å². The Labute approximate surface area is 93.3 Å². The Morgan fingerprint density at radius 1 is 1.27 bits per heavy atom. The molecular weight excluding hydrogens is 188 g/mol. The van der Waals surface area contributed by atoms with Crippen molar-refractivity contribution >= 4 is 0 Å². The molecule has 0 bridgehead atoms. The number of ether oxygens (including phenoxy) is 2. The molecule has 0 aromatic heterocycles. The molecule has 0 N–H and O–H groups in total. The van der Waals surface area contributed by atoms with E-state index in [0.717, 1.165) is 25.9 Å². The SMILES string of the molecule is CCCCC#CCCOC1CCCCO1. The van der Waals surface area contributed by atoms with E-state index in [1.807, 2.05) is 0 Å². The van der Waals surface area contributed by atoms with Gasteiger partial charge in [-0.1, -0.05) is 13.3 Å². The van der Waals surface area contributed by atoms with E-state index in [1.165, 1.54) is 25.7 Å². The minimum atomic E-state index is 0.0381. The maximum Gasteiger partial charge on any atom is 0.157 e. The lowest BCUT2D eigenvalue weighted by Crippen LogP contribution is -2.22. The van der Waals surface area contributed by atoms with Gasteiger partial charge >= 0.3 is 0 Å². The highest BCUT2D eigenvalue weighted by Crippen LogP contribution is 2.13. The third kappa shape index (κ3) is 6.54. The third-order valence-electron chi connectivity index (χ3n) is 2.45. The average molecular weight is 210 g/mol. The van der Waals surface area contributed by atoms with Crippen LogP contribution in [0.4, 0.5) is 0 Å². The minimum Gasteiger partial charge on any atom is -0.353 e. The molecule has 2 nitrogen and oxygen atoms in total. The lowest BCUT2D eigenvalue weighted by Gasteiger charge is -2.22. The molecule has 1 unspecified atom stereocenters. The second-order valence-corrected chi connectivity index (χ2v) is 3.87. The van der Waals surface area contributed by atoms with Crippen molar-refractivity contribution in [2.24, 2.45) is 0 Å². The summed E-state index contributed by atoms with van der Waals surface area (Å²) in [5.74, 6) is 6.28. The second kappa shape index (κ2) is 8.76. The Morgan fingerprint density at radius 3 is 2.87 bits per heavy atom. The third-order valence-corrected chi connectivity index (χ3v) is 2.45. The fourth-order valence-corrected chi connectivity index (χ4v) is 1.53. The summed E-state index contributed by atoms with van der Waals surface area (Å²) in [6.07, 6.45) is 7.78. The highest BCUT2D eigenvalue weighted by Gasteiger charge is 2.12. The van der Waals surface area contributed by atoms with Gasteiger partial charge in [-0.05, 0) is 25.7 Å². The summed E-state index contributed by atoms with van der Waals surface area (Å²) in [5.41, 5.74) is 0. The van der Waals surface area contributed by atoms with Crippen LogP contribution < -0.4 is 0 Å². The van der Waals surface area contributed by atoms with Crippen LogP contribution >= 0.6 is 0 Å². The van der Waals surface area contributed by atoms with Crippen LogP contribution in [0.15, 0.2) is 0 Å². The van der Waals surface area contributed by atoms with Crippen LogP contribution in [0.25, 0.3) is 0 Å². The molecule has 0 saturated carbocycles. The average Bonchev–Trinajstić information content (AvgIpc) is 2.29. The number of rotatable bonds is 5. The lowest BCUT2D eigenvalue weighted by molar-refractivity contribution is -0.161. The van der Waals surface area contributed by atoms with Gasteiger partial charge in [0.2, 0.25) is 0 Å². The first kappa shape index (κ1) is 12.5. The molecule has 1 aliphatic heterocycles. The molecule has 1 rings (SSSR count). The molecule has 86 valence electrons. The van der Waals surface area contributed by atoms with Crippen LogP contribution in [0.1, 0.15) is 51.9 Å². The van der Waals surface area contributed by atoms with Gasteiger partial charge in [-0.3, -0.25) is 0 Å². The van der Waals surface area contributed by atoms with Crippen LogP contribution in [-0.4, -0.2) is 19.5 Å². The first-order valence-corrected chi connectivity index (χ1v) is 6.12.